The van der Waals surface area contributed by atoms with Crippen LogP contribution in [0.15, 0.2) is 36.7 Å². The minimum Gasteiger partial charge on any atom is -0.337 e. The molecular formula is C14H18FN3. The monoisotopic (exact) mass is 247 g/mol. The van der Waals surface area contributed by atoms with Crippen molar-refractivity contribution in [3.05, 3.63) is 53.9 Å². The van der Waals surface area contributed by atoms with Gasteiger partial charge < -0.3 is 9.88 Å². The van der Waals surface area contributed by atoms with Crippen molar-refractivity contribution >= 4 is 0 Å². The van der Waals surface area contributed by atoms with E-state index < -0.39 is 0 Å². The van der Waals surface area contributed by atoms with Crippen molar-refractivity contribution in [1.82, 2.24) is 14.9 Å². The van der Waals surface area contributed by atoms with Crippen LogP contribution in [0.3, 0.4) is 0 Å². The summed E-state index contributed by atoms with van der Waals surface area (Å²) in [7, 11) is 1.98. The molecule has 0 spiro atoms. The van der Waals surface area contributed by atoms with Crippen molar-refractivity contribution in [1.29, 1.82) is 0 Å². The molecule has 96 valence electrons. The minimum atomic E-state index is -0.198. The first kappa shape index (κ1) is 12.8. The van der Waals surface area contributed by atoms with Crippen LogP contribution >= 0.6 is 0 Å². The number of halogens is 1. The lowest BCUT2D eigenvalue weighted by Crippen LogP contribution is -2.25. The highest BCUT2D eigenvalue weighted by molar-refractivity contribution is 5.18. The van der Waals surface area contributed by atoms with Crippen LogP contribution in [0.5, 0.6) is 0 Å². The van der Waals surface area contributed by atoms with Crippen LogP contribution in [0.4, 0.5) is 4.39 Å². The second-order valence-electron chi connectivity index (χ2n) is 4.34. The van der Waals surface area contributed by atoms with Crippen molar-refractivity contribution in [3.8, 4) is 0 Å². The number of likely N-dealkylation sites (N-methyl/N-ethyl adjacent to an activating group) is 1. The standard InChI is InChI=1S/C14H18FN3/c1-3-16-13(14-17-8-9-18(14)2)10-11-4-6-12(15)7-5-11/h4-9,13,16H,3,10H2,1-2H3. The predicted octanol–water partition coefficient (Wildman–Crippen LogP) is 2.45. The van der Waals surface area contributed by atoms with Gasteiger partial charge in [-0.2, -0.15) is 0 Å². The zero-order chi connectivity index (χ0) is 13.0. The maximum atomic E-state index is 12.9. The van der Waals surface area contributed by atoms with Crippen LogP contribution in [0.25, 0.3) is 0 Å². The summed E-state index contributed by atoms with van der Waals surface area (Å²) < 4.78 is 14.9. The third kappa shape index (κ3) is 2.96. The molecule has 0 saturated carbocycles. The molecule has 0 aliphatic rings. The van der Waals surface area contributed by atoms with Gasteiger partial charge in [-0.1, -0.05) is 19.1 Å². The summed E-state index contributed by atoms with van der Waals surface area (Å²) in [5, 5.41) is 3.41. The summed E-state index contributed by atoms with van der Waals surface area (Å²) in [6.07, 6.45) is 4.54. The number of hydrogen-bond donors (Lipinski definition) is 1. The van der Waals surface area contributed by atoms with E-state index in [-0.39, 0.29) is 11.9 Å². The average molecular weight is 247 g/mol. The Morgan fingerprint density at radius 3 is 2.61 bits per heavy atom. The van der Waals surface area contributed by atoms with Crippen molar-refractivity contribution in [2.75, 3.05) is 6.54 Å². The number of aryl methyl sites for hydroxylation is 1. The molecule has 1 aromatic heterocycles. The van der Waals surface area contributed by atoms with E-state index in [2.05, 4.69) is 17.2 Å². The lowest BCUT2D eigenvalue weighted by molar-refractivity contribution is 0.506. The van der Waals surface area contributed by atoms with E-state index in [4.69, 9.17) is 0 Å². The van der Waals surface area contributed by atoms with Gasteiger partial charge in [-0.15, -0.1) is 0 Å². The van der Waals surface area contributed by atoms with Gasteiger partial charge in [0.1, 0.15) is 11.6 Å². The lowest BCUT2D eigenvalue weighted by Gasteiger charge is -2.17. The topological polar surface area (TPSA) is 29.9 Å². The first-order valence-electron chi connectivity index (χ1n) is 6.15. The van der Waals surface area contributed by atoms with Crippen LogP contribution in [0.2, 0.25) is 0 Å². The van der Waals surface area contributed by atoms with Gasteiger partial charge in [0.25, 0.3) is 0 Å². The van der Waals surface area contributed by atoms with Crippen LogP contribution < -0.4 is 5.32 Å². The molecule has 2 rings (SSSR count). The maximum absolute atomic E-state index is 12.9. The summed E-state index contributed by atoms with van der Waals surface area (Å²) in [6.45, 7) is 2.94. The number of nitrogens with one attached hydrogen (secondary N) is 1. The Morgan fingerprint density at radius 1 is 1.33 bits per heavy atom. The van der Waals surface area contributed by atoms with Gasteiger partial charge in [0.15, 0.2) is 0 Å². The van der Waals surface area contributed by atoms with E-state index in [0.717, 1.165) is 24.4 Å². The second kappa shape index (κ2) is 5.78. The summed E-state index contributed by atoms with van der Waals surface area (Å²) >= 11 is 0. The molecular weight excluding hydrogens is 229 g/mol. The Hall–Kier alpha value is -1.68. The molecule has 0 saturated heterocycles. The summed E-state index contributed by atoms with van der Waals surface area (Å²) in [5.41, 5.74) is 1.10. The highest BCUT2D eigenvalue weighted by Gasteiger charge is 2.15. The van der Waals surface area contributed by atoms with Crippen LogP contribution in [0, 0.1) is 5.82 Å². The maximum Gasteiger partial charge on any atom is 0.125 e. The fraction of sp³-hybridized carbons (Fsp3) is 0.357. The van der Waals surface area contributed by atoms with E-state index in [1.165, 1.54) is 12.1 Å². The van der Waals surface area contributed by atoms with Gasteiger partial charge in [-0.05, 0) is 30.7 Å². The zero-order valence-corrected chi connectivity index (χ0v) is 10.7. The molecule has 0 aliphatic carbocycles. The molecule has 3 nitrogen and oxygen atoms in total. The number of rotatable bonds is 5. The quantitative estimate of drug-likeness (QED) is 0.879. The largest absolute Gasteiger partial charge is 0.337 e. The van der Waals surface area contributed by atoms with Gasteiger partial charge in [-0.3, -0.25) is 0 Å². The van der Waals surface area contributed by atoms with E-state index in [1.807, 2.05) is 29.9 Å². The Balaban J connectivity index is 2.16. The van der Waals surface area contributed by atoms with E-state index in [1.54, 1.807) is 6.20 Å². The van der Waals surface area contributed by atoms with Crippen LogP contribution in [-0.4, -0.2) is 16.1 Å². The Morgan fingerprint density at radius 2 is 2.06 bits per heavy atom. The molecule has 0 aliphatic heterocycles. The highest BCUT2D eigenvalue weighted by Crippen LogP contribution is 2.16. The average Bonchev–Trinajstić information content (AvgIpc) is 2.78. The third-order valence-corrected chi connectivity index (χ3v) is 2.97. The fourth-order valence-electron chi connectivity index (χ4n) is 2.07. The highest BCUT2D eigenvalue weighted by atomic mass is 19.1. The van der Waals surface area contributed by atoms with Crippen LogP contribution in [-0.2, 0) is 13.5 Å². The third-order valence-electron chi connectivity index (χ3n) is 2.97. The van der Waals surface area contributed by atoms with Crippen LogP contribution in [0.1, 0.15) is 24.4 Å². The van der Waals surface area contributed by atoms with Crippen molar-refractivity contribution in [2.45, 2.75) is 19.4 Å². The number of imidazole rings is 1. The molecule has 0 fully saturated rings. The SMILES string of the molecule is CCNC(Cc1ccc(F)cc1)c1nccn1C. The number of nitrogens with zero attached hydrogens (tertiary/aromatic N) is 2. The molecule has 1 atom stereocenters. The Kier molecular flexibility index (Phi) is 4.10. The Labute approximate surface area is 107 Å². The minimum absolute atomic E-state index is 0.153. The van der Waals surface area contributed by atoms with Crippen molar-refractivity contribution in [2.24, 2.45) is 7.05 Å². The summed E-state index contributed by atoms with van der Waals surface area (Å²) in [5.74, 6) is 0.803. The second-order valence-corrected chi connectivity index (χ2v) is 4.34. The van der Waals surface area contributed by atoms with Gasteiger partial charge in [0, 0.05) is 19.4 Å². The number of aromatic nitrogens is 2. The molecule has 0 amide bonds. The number of benzene rings is 1. The molecule has 0 bridgehead atoms. The Bertz CT molecular complexity index is 490. The zero-order valence-electron chi connectivity index (χ0n) is 10.7. The summed E-state index contributed by atoms with van der Waals surface area (Å²) in [6, 6.07) is 6.79. The first-order chi connectivity index (χ1) is 8.70. The molecule has 1 N–H and O–H groups in total. The molecule has 0 radical (unpaired) electrons. The molecule has 2 aromatic rings. The lowest BCUT2D eigenvalue weighted by atomic mass is 10.1. The van der Waals surface area contributed by atoms with Gasteiger partial charge in [-0.25, -0.2) is 9.37 Å². The van der Waals surface area contributed by atoms with E-state index in [0.29, 0.717) is 0 Å². The van der Waals surface area contributed by atoms with Gasteiger partial charge in [0.2, 0.25) is 0 Å². The van der Waals surface area contributed by atoms with Gasteiger partial charge >= 0.3 is 0 Å². The molecule has 1 heterocycles. The predicted molar refractivity (Wildman–Crippen MR) is 69.7 cm³/mol. The molecule has 1 unspecified atom stereocenters. The van der Waals surface area contributed by atoms with Crippen molar-refractivity contribution in [3.63, 3.8) is 0 Å². The fourth-order valence-corrected chi connectivity index (χ4v) is 2.07. The normalized spacial score (nSPS) is 12.6. The molecule has 18 heavy (non-hydrogen) atoms. The van der Waals surface area contributed by atoms with E-state index >= 15 is 0 Å². The smallest absolute Gasteiger partial charge is 0.125 e. The summed E-state index contributed by atoms with van der Waals surface area (Å²) in [4.78, 5) is 4.37. The van der Waals surface area contributed by atoms with Crippen molar-refractivity contribution < 1.29 is 4.39 Å². The van der Waals surface area contributed by atoms with E-state index in [9.17, 15) is 4.39 Å². The molecule has 4 heteroatoms. The molecule has 1 aromatic carbocycles. The number of hydrogen-bond acceptors (Lipinski definition) is 2. The first-order valence-corrected chi connectivity index (χ1v) is 6.15. The van der Waals surface area contributed by atoms with Gasteiger partial charge in [0.05, 0.1) is 6.04 Å².